The highest BCUT2D eigenvalue weighted by Gasteiger charge is 2.15. The first-order chi connectivity index (χ1) is 8.26. The van der Waals surface area contributed by atoms with Crippen LogP contribution in [0.2, 0.25) is 0 Å². The van der Waals surface area contributed by atoms with E-state index in [1.165, 1.54) is 0 Å². The van der Waals surface area contributed by atoms with Crippen molar-refractivity contribution in [1.29, 1.82) is 5.26 Å². The van der Waals surface area contributed by atoms with Crippen LogP contribution in [0.1, 0.15) is 30.8 Å². The quantitative estimate of drug-likeness (QED) is 0.870. The van der Waals surface area contributed by atoms with Gasteiger partial charge in [-0.25, -0.2) is 4.98 Å². The number of imidazole rings is 1. The second-order valence-corrected chi connectivity index (χ2v) is 4.05. The van der Waals surface area contributed by atoms with E-state index in [2.05, 4.69) is 16.0 Å². The smallest absolute Gasteiger partial charge is 0.124 e. The van der Waals surface area contributed by atoms with Crippen molar-refractivity contribution in [3.05, 3.63) is 41.9 Å². The van der Waals surface area contributed by atoms with Gasteiger partial charge >= 0.3 is 0 Å². The molecule has 1 heterocycles. The van der Waals surface area contributed by atoms with E-state index in [1.54, 1.807) is 0 Å². The van der Waals surface area contributed by atoms with Gasteiger partial charge in [-0.1, -0.05) is 37.3 Å². The maximum atomic E-state index is 9.04. The van der Waals surface area contributed by atoms with E-state index in [4.69, 9.17) is 5.26 Å². The van der Waals surface area contributed by atoms with Gasteiger partial charge in [-0.2, -0.15) is 5.26 Å². The van der Waals surface area contributed by atoms with Crippen LogP contribution in [0.3, 0.4) is 0 Å². The molecular weight excluding hydrogens is 210 g/mol. The SMILES string of the molecule is CCC(C#N)c1nc(-c2ccccc2)c(C)[nH]1. The average Bonchev–Trinajstić information content (AvgIpc) is 2.74. The van der Waals surface area contributed by atoms with Crippen LogP contribution in [0.4, 0.5) is 0 Å². The van der Waals surface area contributed by atoms with Crippen molar-refractivity contribution in [3.63, 3.8) is 0 Å². The average molecular weight is 225 g/mol. The number of hydrogen-bond acceptors (Lipinski definition) is 2. The molecule has 1 unspecified atom stereocenters. The molecular formula is C14H15N3. The Bertz CT molecular complexity index is 534. The van der Waals surface area contributed by atoms with E-state index in [0.717, 1.165) is 29.2 Å². The van der Waals surface area contributed by atoms with Crippen LogP contribution in [0.5, 0.6) is 0 Å². The van der Waals surface area contributed by atoms with Crippen molar-refractivity contribution in [2.24, 2.45) is 0 Å². The summed E-state index contributed by atoms with van der Waals surface area (Å²) >= 11 is 0. The van der Waals surface area contributed by atoms with Gasteiger partial charge in [0.15, 0.2) is 0 Å². The minimum absolute atomic E-state index is 0.147. The summed E-state index contributed by atoms with van der Waals surface area (Å²) in [6, 6.07) is 12.3. The molecule has 0 saturated carbocycles. The number of benzene rings is 1. The molecule has 0 amide bonds. The van der Waals surface area contributed by atoms with E-state index in [-0.39, 0.29) is 5.92 Å². The van der Waals surface area contributed by atoms with Crippen LogP contribution in [0, 0.1) is 18.3 Å². The normalized spacial score (nSPS) is 12.1. The van der Waals surface area contributed by atoms with Crippen LogP contribution in [-0.2, 0) is 0 Å². The summed E-state index contributed by atoms with van der Waals surface area (Å²) < 4.78 is 0. The predicted octanol–water partition coefficient (Wildman–Crippen LogP) is 3.40. The van der Waals surface area contributed by atoms with Gasteiger partial charge in [0.05, 0.1) is 11.8 Å². The van der Waals surface area contributed by atoms with Gasteiger partial charge in [-0.3, -0.25) is 0 Å². The van der Waals surface area contributed by atoms with Crippen molar-refractivity contribution in [1.82, 2.24) is 9.97 Å². The summed E-state index contributed by atoms with van der Waals surface area (Å²) in [4.78, 5) is 7.76. The van der Waals surface area contributed by atoms with Crippen molar-refractivity contribution < 1.29 is 0 Å². The lowest BCUT2D eigenvalue weighted by Gasteiger charge is -1.99. The summed E-state index contributed by atoms with van der Waals surface area (Å²) in [7, 11) is 0. The number of rotatable bonds is 3. The van der Waals surface area contributed by atoms with Gasteiger partial charge in [0.2, 0.25) is 0 Å². The predicted molar refractivity (Wildman–Crippen MR) is 67.4 cm³/mol. The van der Waals surface area contributed by atoms with Gasteiger partial charge in [-0.15, -0.1) is 0 Å². The molecule has 86 valence electrons. The molecule has 3 heteroatoms. The van der Waals surface area contributed by atoms with Gasteiger partial charge in [0, 0.05) is 11.3 Å². The largest absolute Gasteiger partial charge is 0.344 e. The Morgan fingerprint density at radius 2 is 2.06 bits per heavy atom. The summed E-state index contributed by atoms with van der Waals surface area (Å²) in [6.45, 7) is 3.98. The number of aryl methyl sites for hydroxylation is 1. The Morgan fingerprint density at radius 1 is 1.35 bits per heavy atom. The molecule has 2 aromatic rings. The zero-order chi connectivity index (χ0) is 12.3. The Kier molecular flexibility index (Phi) is 3.24. The van der Waals surface area contributed by atoms with Gasteiger partial charge in [-0.05, 0) is 13.3 Å². The van der Waals surface area contributed by atoms with E-state index in [9.17, 15) is 0 Å². The molecule has 0 aliphatic rings. The van der Waals surface area contributed by atoms with Gasteiger partial charge in [0.25, 0.3) is 0 Å². The minimum atomic E-state index is -0.147. The van der Waals surface area contributed by atoms with Crippen LogP contribution < -0.4 is 0 Å². The monoisotopic (exact) mass is 225 g/mol. The molecule has 2 rings (SSSR count). The minimum Gasteiger partial charge on any atom is -0.344 e. The number of hydrogen-bond donors (Lipinski definition) is 1. The number of nitriles is 1. The Hall–Kier alpha value is -2.08. The Balaban J connectivity index is 2.42. The maximum Gasteiger partial charge on any atom is 0.124 e. The Morgan fingerprint density at radius 3 is 2.65 bits per heavy atom. The maximum absolute atomic E-state index is 9.04. The molecule has 0 radical (unpaired) electrons. The molecule has 0 aliphatic carbocycles. The fraction of sp³-hybridized carbons (Fsp3) is 0.286. The van der Waals surface area contributed by atoms with Crippen molar-refractivity contribution >= 4 is 0 Å². The molecule has 3 nitrogen and oxygen atoms in total. The summed E-state index contributed by atoms with van der Waals surface area (Å²) in [5, 5.41) is 9.04. The molecule has 1 atom stereocenters. The molecule has 0 aliphatic heterocycles. The van der Waals surface area contributed by atoms with E-state index < -0.39 is 0 Å². The zero-order valence-corrected chi connectivity index (χ0v) is 10.1. The molecule has 0 saturated heterocycles. The molecule has 1 aromatic carbocycles. The highest BCUT2D eigenvalue weighted by molar-refractivity contribution is 5.61. The van der Waals surface area contributed by atoms with Crippen LogP contribution in [-0.4, -0.2) is 9.97 Å². The van der Waals surface area contributed by atoms with Gasteiger partial charge < -0.3 is 4.98 Å². The highest BCUT2D eigenvalue weighted by atomic mass is 14.9. The molecule has 0 bridgehead atoms. The van der Waals surface area contributed by atoms with Crippen molar-refractivity contribution in [3.8, 4) is 17.3 Å². The topological polar surface area (TPSA) is 52.5 Å². The molecule has 17 heavy (non-hydrogen) atoms. The lowest BCUT2D eigenvalue weighted by molar-refractivity contribution is 0.764. The third-order valence-electron chi connectivity index (χ3n) is 2.84. The third-order valence-corrected chi connectivity index (χ3v) is 2.84. The van der Waals surface area contributed by atoms with Crippen molar-refractivity contribution in [2.45, 2.75) is 26.2 Å². The van der Waals surface area contributed by atoms with E-state index in [1.807, 2.05) is 44.2 Å². The standard InChI is InChI=1S/C14H15N3/c1-3-11(9-15)14-16-10(2)13(17-14)12-7-5-4-6-8-12/h4-8,11H,3H2,1-2H3,(H,16,17). The number of nitrogens with zero attached hydrogens (tertiary/aromatic N) is 2. The van der Waals surface area contributed by atoms with Crippen LogP contribution in [0.25, 0.3) is 11.3 Å². The fourth-order valence-electron chi connectivity index (χ4n) is 1.87. The second-order valence-electron chi connectivity index (χ2n) is 4.05. The lowest BCUT2D eigenvalue weighted by atomic mass is 10.1. The highest BCUT2D eigenvalue weighted by Crippen LogP contribution is 2.24. The van der Waals surface area contributed by atoms with Gasteiger partial charge in [0.1, 0.15) is 11.7 Å². The number of aromatic amines is 1. The molecule has 0 spiro atoms. The second kappa shape index (κ2) is 4.84. The lowest BCUT2D eigenvalue weighted by Crippen LogP contribution is -1.96. The van der Waals surface area contributed by atoms with Crippen LogP contribution >= 0.6 is 0 Å². The zero-order valence-electron chi connectivity index (χ0n) is 10.1. The first-order valence-corrected chi connectivity index (χ1v) is 5.77. The summed E-state index contributed by atoms with van der Waals surface area (Å²) in [6.07, 6.45) is 0.775. The number of H-pyrrole nitrogens is 1. The first kappa shape index (κ1) is 11.4. The molecule has 1 N–H and O–H groups in total. The Labute approximate surface area is 101 Å². The molecule has 1 aromatic heterocycles. The van der Waals surface area contributed by atoms with Crippen LogP contribution in [0.15, 0.2) is 30.3 Å². The molecule has 0 fully saturated rings. The summed E-state index contributed by atoms with van der Waals surface area (Å²) in [5.41, 5.74) is 3.04. The fourth-order valence-corrected chi connectivity index (χ4v) is 1.87. The van der Waals surface area contributed by atoms with Crippen molar-refractivity contribution in [2.75, 3.05) is 0 Å². The summed E-state index contributed by atoms with van der Waals surface area (Å²) in [5.74, 6) is 0.623. The first-order valence-electron chi connectivity index (χ1n) is 5.77. The van der Waals surface area contributed by atoms with E-state index in [0.29, 0.717) is 0 Å². The number of nitrogens with one attached hydrogen (secondary N) is 1. The number of aromatic nitrogens is 2. The third kappa shape index (κ3) is 2.21. The van der Waals surface area contributed by atoms with E-state index >= 15 is 0 Å².